The van der Waals surface area contributed by atoms with E-state index in [0.29, 0.717) is 23.8 Å². The molecule has 2 aromatic carbocycles. The van der Waals surface area contributed by atoms with Crippen molar-refractivity contribution in [2.45, 2.75) is 13.5 Å². The van der Waals surface area contributed by atoms with E-state index in [0.717, 1.165) is 5.56 Å². The molecular weight excluding hydrogens is 306 g/mol. The molecule has 0 aromatic heterocycles. The fourth-order valence-electron chi connectivity index (χ4n) is 2.18. The molecule has 0 bridgehead atoms. The zero-order valence-corrected chi connectivity index (χ0v) is 14.5. The van der Waals surface area contributed by atoms with Crippen molar-refractivity contribution in [3.05, 3.63) is 53.6 Å². The number of likely N-dealkylation sites (N-methyl/N-ethyl adjacent to an activating group) is 1. The van der Waals surface area contributed by atoms with Crippen LogP contribution >= 0.6 is 0 Å². The van der Waals surface area contributed by atoms with Gasteiger partial charge in [-0.05, 0) is 12.5 Å². The molecule has 5 nitrogen and oxygen atoms in total. The van der Waals surface area contributed by atoms with E-state index >= 15 is 0 Å². The maximum Gasteiger partial charge on any atom is 0.260 e. The van der Waals surface area contributed by atoms with Crippen LogP contribution < -0.4 is 14.2 Å². The highest BCUT2D eigenvalue weighted by atomic mass is 16.5. The number of hydrogen-bond acceptors (Lipinski definition) is 4. The Morgan fingerprint density at radius 3 is 2.04 bits per heavy atom. The molecular formula is C19H23NO4. The molecule has 5 heteroatoms. The third-order valence-electron chi connectivity index (χ3n) is 3.65. The lowest BCUT2D eigenvalue weighted by Gasteiger charge is -2.18. The van der Waals surface area contributed by atoms with Crippen molar-refractivity contribution in [1.82, 2.24) is 4.90 Å². The molecule has 0 N–H and O–H groups in total. The molecule has 1 amide bonds. The maximum atomic E-state index is 12.2. The Hall–Kier alpha value is -2.69. The van der Waals surface area contributed by atoms with Gasteiger partial charge in [-0.15, -0.1) is 0 Å². The highest BCUT2D eigenvalue weighted by Crippen LogP contribution is 2.27. The zero-order chi connectivity index (χ0) is 17.5. The first-order valence-corrected chi connectivity index (χ1v) is 7.67. The first-order valence-electron chi connectivity index (χ1n) is 7.67. The monoisotopic (exact) mass is 329 g/mol. The molecule has 2 aromatic rings. The van der Waals surface area contributed by atoms with Crippen LogP contribution in [0.25, 0.3) is 0 Å². The number of carbonyl (C=O) groups is 1. The van der Waals surface area contributed by atoms with Gasteiger partial charge in [0.15, 0.2) is 6.61 Å². The van der Waals surface area contributed by atoms with E-state index in [9.17, 15) is 4.79 Å². The molecule has 0 heterocycles. The Balaban J connectivity index is 1.93. The smallest absolute Gasteiger partial charge is 0.260 e. The third-order valence-corrected chi connectivity index (χ3v) is 3.65. The number of benzene rings is 2. The van der Waals surface area contributed by atoms with Crippen molar-refractivity contribution in [3.63, 3.8) is 0 Å². The van der Waals surface area contributed by atoms with Crippen molar-refractivity contribution in [1.29, 1.82) is 0 Å². The van der Waals surface area contributed by atoms with Crippen LogP contribution in [-0.2, 0) is 11.3 Å². The van der Waals surface area contributed by atoms with Crippen molar-refractivity contribution in [2.24, 2.45) is 0 Å². The fourth-order valence-corrected chi connectivity index (χ4v) is 2.18. The molecule has 0 unspecified atom stereocenters. The third kappa shape index (κ3) is 4.91. The van der Waals surface area contributed by atoms with Gasteiger partial charge < -0.3 is 19.1 Å². The summed E-state index contributed by atoms with van der Waals surface area (Å²) in [5.74, 6) is 1.66. The van der Waals surface area contributed by atoms with E-state index in [4.69, 9.17) is 14.2 Å². The van der Waals surface area contributed by atoms with Gasteiger partial charge in [-0.1, -0.05) is 29.8 Å². The number of rotatable bonds is 7. The average Bonchev–Trinajstić information content (AvgIpc) is 2.61. The minimum Gasteiger partial charge on any atom is -0.496 e. The Bertz CT molecular complexity index is 660. The van der Waals surface area contributed by atoms with E-state index in [1.807, 2.05) is 31.2 Å². The quantitative estimate of drug-likeness (QED) is 0.783. The second kappa shape index (κ2) is 8.24. The standard InChI is InChI=1S/C19H23NO4/c1-14-5-7-15(8-6-14)12-20(2)19(21)13-24-18-10-16(22-3)9-17(11-18)23-4/h5-11H,12-13H2,1-4H3. The highest BCUT2D eigenvalue weighted by molar-refractivity contribution is 5.77. The minimum atomic E-state index is -0.0997. The molecule has 128 valence electrons. The van der Waals surface area contributed by atoms with Crippen molar-refractivity contribution < 1.29 is 19.0 Å². The Morgan fingerprint density at radius 1 is 0.958 bits per heavy atom. The lowest BCUT2D eigenvalue weighted by molar-refractivity contribution is -0.132. The summed E-state index contributed by atoms with van der Waals surface area (Å²) in [6.45, 7) is 2.54. The van der Waals surface area contributed by atoms with Crippen LogP contribution in [0.1, 0.15) is 11.1 Å². The van der Waals surface area contributed by atoms with Crippen molar-refractivity contribution in [2.75, 3.05) is 27.9 Å². The molecule has 0 atom stereocenters. The summed E-state index contributed by atoms with van der Waals surface area (Å²) < 4.78 is 15.9. The summed E-state index contributed by atoms with van der Waals surface area (Å²) in [4.78, 5) is 13.9. The Morgan fingerprint density at radius 2 is 1.50 bits per heavy atom. The number of carbonyl (C=O) groups excluding carboxylic acids is 1. The number of methoxy groups -OCH3 is 2. The van der Waals surface area contributed by atoms with Crippen LogP contribution in [0.4, 0.5) is 0 Å². The molecule has 0 spiro atoms. The van der Waals surface area contributed by atoms with Gasteiger partial charge in [0.1, 0.15) is 17.2 Å². The van der Waals surface area contributed by atoms with Crippen LogP contribution in [0, 0.1) is 6.92 Å². The molecule has 0 saturated carbocycles. The lowest BCUT2D eigenvalue weighted by Crippen LogP contribution is -2.30. The fraction of sp³-hybridized carbons (Fsp3) is 0.316. The lowest BCUT2D eigenvalue weighted by atomic mass is 10.1. The second-order valence-electron chi connectivity index (χ2n) is 5.57. The highest BCUT2D eigenvalue weighted by Gasteiger charge is 2.11. The molecule has 2 rings (SSSR count). The van der Waals surface area contributed by atoms with Gasteiger partial charge >= 0.3 is 0 Å². The van der Waals surface area contributed by atoms with E-state index in [2.05, 4.69) is 0 Å². The number of hydrogen-bond donors (Lipinski definition) is 0. The topological polar surface area (TPSA) is 48.0 Å². The Kier molecular flexibility index (Phi) is 6.07. The van der Waals surface area contributed by atoms with Crippen LogP contribution in [0.5, 0.6) is 17.2 Å². The van der Waals surface area contributed by atoms with E-state index in [1.54, 1.807) is 44.4 Å². The average molecular weight is 329 g/mol. The minimum absolute atomic E-state index is 0.0430. The molecule has 0 fully saturated rings. The first-order chi connectivity index (χ1) is 11.5. The maximum absolute atomic E-state index is 12.2. The second-order valence-corrected chi connectivity index (χ2v) is 5.57. The van der Waals surface area contributed by atoms with Gasteiger partial charge in [-0.2, -0.15) is 0 Å². The summed E-state index contributed by atoms with van der Waals surface area (Å²) in [5.41, 5.74) is 2.28. The van der Waals surface area contributed by atoms with Gasteiger partial charge in [-0.25, -0.2) is 0 Å². The molecule has 0 saturated heterocycles. The van der Waals surface area contributed by atoms with E-state index in [-0.39, 0.29) is 12.5 Å². The largest absolute Gasteiger partial charge is 0.496 e. The summed E-state index contributed by atoms with van der Waals surface area (Å²) in [7, 11) is 4.90. The predicted molar refractivity (Wildman–Crippen MR) is 92.7 cm³/mol. The number of ether oxygens (including phenoxy) is 3. The number of nitrogens with zero attached hydrogens (tertiary/aromatic N) is 1. The Labute approximate surface area is 142 Å². The van der Waals surface area contributed by atoms with Crippen molar-refractivity contribution in [3.8, 4) is 17.2 Å². The van der Waals surface area contributed by atoms with Gasteiger partial charge in [-0.3, -0.25) is 4.79 Å². The van der Waals surface area contributed by atoms with Gasteiger partial charge in [0.05, 0.1) is 14.2 Å². The molecule has 24 heavy (non-hydrogen) atoms. The summed E-state index contributed by atoms with van der Waals surface area (Å²) >= 11 is 0. The first kappa shape index (κ1) is 17.7. The molecule has 0 radical (unpaired) electrons. The van der Waals surface area contributed by atoms with E-state index < -0.39 is 0 Å². The zero-order valence-electron chi connectivity index (χ0n) is 14.5. The SMILES string of the molecule is COc1cc(OC)cc(OCC(=O)N(C)Cc2ccc(C)cc2)c1. The van der Waals surface area contributed by atoms with Gasteiger partial charge in [0.25, 0.3) is 5.91 Å². The van der Waals surface area contributed by atoms with Crippen LogP contribution in [-0.4, -0.2) is 38.7 Å². The number of aryl methyl sites for hydroxylation is 1. The normalized spacial score (nSPS) is 10.2. The van der Waals surface area contributed by atoms with E-state index in [1.165, 1.54) is 5.56 Å². The number of amides is 1. The van der Waals surface area contributed by atoms with Gasteiger partial charge in [0.2, 0.25) is 0 Å². The summed E-state index contributed by atoms with van der Waals surface area (Å²) in [5, 5.41) is 0. The molecule has 0 aliphatic rings. The predicted octanol–water partition coefficient (Wildman–Crippen LogP) is 3.05. The molecule has 0 aliphatic carbocycles. The van der Waals surface area contributed by atoms with Crippen LogP contribution in [0.15, 0.2) is 42.5 Å². The van der Waals surface area contributed by atoms with Crippen molar-refractivity contribution >= 4 is 5.91 Å². The summed E-state index contributed by atoms with van der Waals surface area (Å²) in [6, 6.07) is 13.3. The van der Waals surface area contributed by atoms with Crippen LogP contribution in [0.2, 0.25) is 0 Å². The molecule has 0 aliphatic heterocycles. The van der Waals surface area contributed by atoms with Gasteiger partial charge in [0, 0.05) is 31.8 Å². The summed E-state index contributed by atoms with van der Waals surface area (Å²) in [6.07, 6.45) is 0. The van der Waals surface area contributed by atoms with Crippen LogP contribution in [0.3, 0.4) is 0 Å².